The van der Waals surface area contributed by atoms with Crippen molar-refractivity contribution in [2.75, 3.05) is 0 Å². The van der Waals surface area contributed by atoms with Gasteiger partial charge in [0.1, 0.15) is 18.1 Å². The molecule has 2 aromatic heterocycles. The van der Waals surface area contributed by atoms with Gasteiger partial charge in [-0.15, -0.1) is 16.4 Å². The summed E-state index contributed by atoms with van der Waals surface area (Å²) in [7, 11) is 0. The van der Waals surface area contributed by atoms with Crippen LogP contribution in [-0.2, 0) is 16.1 Å². The molecule has 4 rings (SSSR count). The summed E-state index contributed by atoms with van der Waals surface area (Å²) in [5, 5.41) is 13.4. The smallest absolute Gasteiger partial charge is 0.248 e. The fourth-order valence-electron chi connectivity index (χ4n) is 3.48. The lowest BCUT2D eigenvalue weighted by molar-refractivity contribution is -0.142. The fourth-order valence-corrected chi connectivity index (χ4v) is 4.31. The van der Waals surface area contributed by atoms with Crippen molar-refractivity contribution in [3.05, 3.63) is 46.7 Å². The highest BCUT2D eigenvalue weighted by atomic mass is 32.1. The first-order chi connectivity index (χ1) is 14.4. The molecule has 30 heavy (non-hydrogen) atoms. The molecular formula is C22H27N5O2S. The Balaban J connectivity index is 1.64. The predicted octanol–water partition coefficient (Wildman–Crippen LogP) is 3.53. The highest BCUT2D eigenvalue weighted by molar-refractivity contribution is 7.10. The molecule has 0 radical (unpaired) electrons. The first-order valence-corrected chi connectivity index (χ1v) is 11.2. The zero-order valence-corrected chi connectivity index (χ0v) is 18.4. The topological polar surface area (TPSA) is 80.1 Å². The number of benzene rings is 1. The van der Waals surface area contributed by atoms with Gasteiger partial charge in [0, 0.05) is 16.5 Å². The van der Waals surface area contributed by atoms with Gasteiger partial charge in [0.2, 0.25) is 11.8 Å². The summed E-state index contributed by atoms with van der Waals surface area (Å²) >= 11 is 1.50. The van der Waals surface area contributed by atoms with E-state index < -0.39 is 6.04 Å². The maximum absolute atomic E-state index is 13.5. The van der Waals surface area contributed by atoms with Crippen LogP contribution in [0.1, 0.15) is 51.0 Å². The lowest BCUT2D eigenvalue weighted by Crippen LogP contribution is -2.51. The van der Waals surface area contributed by atoms with Crippen LogP contribution in [0.3, 0.4) is 0 Å². The molecule has 1 aliphatic carbocycles. The predicted molar refractivity (Wildman–Crippen MR) is 117 cm³/mol. The van der Waals surface area contributed by atoms with E-state index in [0.29, 0.717) is 0 Å². The second-order valence-corrected chi connectivity index (χ2v) is 9.39. The van der Waals surface area contributed by atoms with E-state index in [1.165, 1.54) is 11.3 Å². The van der Waals surface area contributed by atoms with Crippen LogP contribution in [0.2, 0.25) is 0 Å². The lowest BCUT2D eigenvalue weighted by Gasteiger charge is -2.34. The quantitative estimate of drug-likeness (QED) is 0.599. The van der Waals surface area contributed by atoms with E-state index in [0.717, 1.165) is 35.2 Å². The first-order valence-electron chi connectivity index (χ1n) is 10.3. The van der Waals surface area contributed by atoms with Crippen molar-refractivity contribution in [2.45, 2.75) is 64.2 Å². The normalized spacial score (nSPS) is 15.2. The molecule has 1 atom stereocenters. The summed E-state index contributed by atoms with van der Waals surface area (Å²) in [6.45, 7) is 6.10. The third kappa shape index (κ3) is 4.23. The van der Waals surface area contributed by atoms with E-state index in [4.69, 9.17) is 0 Å². The fraction of sp³-hybridized carbons (Fsp3) is 0.455. The maximum atomic E-state index is 13.5. The molecule has 1 fully saturated rings. The van der Waals surface area contributed by atoms with E-state index >= 15 is 0 Å². The van der Waals surface area contributed by atoms with Crippen molar-refractivity contribution in [2.24, 2.45) is 0 Å². The maximum Gasteiger partial charge on any atom is 0.248 e. The van der Waals surface area contributed by atoms with Crippen LogP contribution in [0.15, 0.2) is 41.8 Å². The third-order valence-electron chi connectivity index (χ3n) is 5.62. The Morgan fingerprint density at radius 1 is 1.27 bits per heavy atom. The van der Waals surface area contributed by atoms with Crippen molar-refractivity contribution in [3.63, 3.8) is 0 Å². The summed E-state index contributed by atoms with van der Waals surface area (Å²) in [6, 6.07) is 10.9. The van der Waals surface area contributed by atoms with Crippen LogP contribution in [0.25, 0.3) is 11.0 Å². The van der Waals surface area contributed by atoms with Crippen molar-refractivity contribution < 1.29 is 9.59 Å². The minimum atomic E-state index is -0.634. The molecule has 0 unspecified atom stereocenters. The van der Waals surface area contributed by atoms with Gasteiger partial charge in [0.25, 0.3) is 0 Å². The number of nitrogens with one attached hydrogen (secondary N) is 1. The highest BCUT2D eigenvalue weighted by Crippen LogP contribution is 2.37. The van der Waals surface area contributed by atoms with Crippen molar-refractivity contribution in [1.29, 1.82) is 0 Å². The molecule has 3 aromatic rings. The molecule has 158 valence electrons. The number of para-hydroxylation sites is 1. The van der Waals surface area contributed by atoms with E-state index in [2.05, 4.69) is 15.6 Å². The number of hydrogen-bond acceptors (Lipinski definition) is 5. The molecule has 0 spiro atoms. The van der Waals surface area contributed by atoms with Gasteiger partial charge in [-0.3, -0.25) is 9.59 Å². The van der Waals surface area contributed by atoms with Gasteiger partial charge in [0.05, 0.1) is 5.52 Å². The van der Waals surface area contributed by atoms with Crippen LogP contribution in [0.5, 0.6) is 0 Å². The van der Waals surface area contributed by atoms with E-state index in [-0.39, 0.29) is 29.9 Å². The van der Waals surface area contributed by atoms with Crippen molar-refractivity contribution in [3.8, 4) is 0 Å². The average Bonchev–Trinajstić information content (AvgIpc) is 3.25. The molecule has 7 nitrogen and oxygen atoms in total. The first kappa shape index (κ1) is 20.5. The Morgan fingerprint density at radius 2 is 2.03 bits per heavy atom. The Kier molecular flexibility index (Phi) is 5.60. The Morgan fingerprint density at radius 3 is 2.70 bits per heavy atom. The SMILES string of the molecule is CCC(C)(C)NC(=O)[C@@H](c1cccs1)N(C(=O)Cn1nnc2ccccc21)C1CC1. The largest absolute Gasteiger partial charge is 0.349 e. The Bertz CT molecular complexity index is 1040. The van der Waals surface area contributed by atoms with Gasteiger partial charge in [0.15, 0.2) is 0 Å². The number of amides is 2. The number of carbonyl (C=O) groups is 2. The summed E-state index contributed by atoms with van der Waals surface area (Å²) in [4.78, 5) is 29.5. The molecule has 0 saturated heterocycles. The van der Waals surface area contributed by atoms with Gasteiger partial charge < -0.3 is 10.2 Å². The molecular weight excluding hydrogens is 398 g/mol. The van der Waals surface area contributed by atoms with Gasteiger partial charge in [-0.25, -0.2) is 4.68 Å². The van der Waals surface area contributed by atoms with Crippen LogP contribution >= 0.6 is 11.3 Å². The van der Waals surface area contributed by atoms with Gasteiger partial charge in [-0.2, -0.15) is 0 Å². The summed E-state index contributed by atoms with van der Waals surface area (Å²) in [5.41, 5.74) is 1.22. The number of nitrogens with zero attached hydrogens (tertiary/aromatic N) is 4. The van der Waals surface area contributed by atoms with Gasteiger partial charge in [-0.05, 0) is 56.7 Å². The number of hydrogen-bond donors (Lipinski definition) is 1. The number of thiophene rings is 1. The minimum Gasteiger partial charge on any atom is -0.349 e. The second kappa shape index (κ2) is 8.18. The van der Waals surface area contributed by atoms with Crippen LogP contribution in [0.4, 0.5) is 0 Å². The highest BCUT2D eigenvalue weighted by Gasteiger charge is 2.42. The average molecular weight is 426 g/mol. The van der Waals surface area contributed by atoms with Gasteiger partial charge in [-0.1, -0.05) is 30.3 Å². The molecule has 1 aliphatic rings. The third-order valence-corrected chi connectivity index (χ3v) is 6.54. The molecule has 1 N–H and O–H groups in total. The standard InChI is InChI=1S/C22H27N5O2S/c1-4-22(2,3)23-21(29)20(18-10-7-13-30-18)27(15-11-12-15)19(28)14-26-17-9-6-5-8-16(17)24-25-26/h5-10,13,15,20H,4,11-12,14H2,1-3H3,(H,23,29)/t20-/m1/s1. The number of rotatable bonds is 8. The van der Waals surface area contributed by atoms with Crippen LogP contribution in [-0.4, -0.2) is 43.3 Å². The monoisotopic (exact) mass is 425 g/mol. The molecule has 0 aliphatic heterocycles. The summed E-state index contributed by atoms with van der Waals surface area (Å²) in [6.07, 6.45) is 2.63. The van der Waals surface area contributed by atoms with Crippen molar-refractivity contribution >= 4 is 34.2 Å². The molecule has 8 heteroatoms. The molecule has 0 bridgehead atoms. The molecule has 1 aromatic carbocycles. The van der Waals surface area contributed by atoms with Crippen LogP contribution in [0, 0.1) is 0 Å². The zero-order valence-electron chi connectivity index (χ0n) is 17.5. The van der Waals surface area contributed by atoms with Crippen molar-refractivity contribution in [1.82, 2.24) is 25.2 Å². The Hall–Kier alpha value is -2.74. The van der Waals surface area contributed by atoms with E-state index in [1.807, 2.05) is 62.5 Å². The molecule has 2 amide bonds. The number of carbonyl (C=O) groups excluding carboxylic acids is 2. The number of aromatic nitrogens is 3. The second-order valence-electron chi connectivity index (χ2n) is 8.41. The minimum absolute atomic E-state index is 0.0589. The molecule has 1 saturated carbocycles. The van der Waals surface area contributed by atoms with Crippen LogP contribution < -0.4 is 5.32 Å². The Labute approximate surface area is 180 Å². The van der Waals surface area contributed by atoms with Gasteiger partial charge >= 0.3 is 0 Å². The lowest BCUT2D eigenvalue weighted by atomic mass is 10.0. The summed E-state index contributed by atoms with van der Waals surface area (Å²) in [5.74, 6) is -0.246. The summed E-state index contributed by atoms with van der Waals surface area (Å²) < 4.78 is 1.62. The van der Waals surface area contributed by atoms with E-state index in [1.54, 1.807) is 9.58 Å². The van der Waals surface area contributed by atoms with E-state index in [9.17, 15) is 9.59 Å². The number of fused-ring (bicyclic) bond motifs is 1. The molecule has 2 heterocycles. The zero-order chi connectivity index (χ0) is 21.3.